The fourth-order valence-electron chi connectivity index (χ4n) is 2.25. The van der Waals surface area contributed by atoms with Crippen molar-refractivity contribution < 1.29 is 9.90 Å². The van der Waals surface area contributed by atoms with Crippen LogP contribution in [-0.4, -0.2) is 33.3 Å². The second-order valence-electron chi connectivity index (χ2n) is 4.52. The van der Waals surface area contributed by atoms with E-state index in [-0.39, 0.29) is 18.4 Å². The second kappa shape index (κ2) is 4.52. The Hall–Kier alpha value is -2.57. The Morgan fingerprint density at radius 2 is 2.20 bits per heavy atom. The normalized spacial score (nSPS) is 11.2. The Bertz CT molecular complexity index is 882. The van der Waals surface area contributed by atoms with Gasteiger partial charge in [-0.05, 0) is 12.1 Å². The molecule has 0 aliphatic rings. The molecule has 3 aromatic rings. The molecule has 2 N–H and O–H groups in total. The molecule has 0 fully saturated rings. The zero-order chi connectivity index (χ0) is 14.3. The Morgan fingerprint density at radius 3 is 2.95 bits per heavy atom. The van der Waals surface area contributed by atoms with E-state index in [9.17, 15) is 9.59 Å². The van der Waals surface area contributed by atoms with Crippen molar-refractivity contribution in [3.05, 3.63) is 40.6 Å². The molecule has 98 valence electrons. The molecule has 20 heavy (non-hydrogen) atoms. The first kappa shape index (κ1) is 12.5. The number of nitrogens with zero attached hydrogens (tertiary/aromatic N) is 2. The van der Waals surface area contributed by atoms with Gasteiger partial charge in [-0.1, -0.05) is 11.5 Å². The third-order valence-electron chi connectivity index (χ3n) is 3.14. The van der Waals surface area contributed by atoms with Crippen molar-refractivity contribution in [1.82, 2.24) is 14.4 Å². The molecule has 2 aromatic heterocycles. The van der Waals surface area contributed by atoms with E-state index in [1.165, 1.54) is 6.20 Å². The second-order valence-corrected chi connectivity index (χ2v) is 4.52. The molecular weight excluding hydrogens is 257 g/mol. The third-order valence-corrected chi connectivity index (χ3v) is 3.14. The van der Waals surface area contributed by atoms with Gasteiger partial charge in [0.2, 0.25) is 0 Å². The highest BCUT2D eigenvalue weighted by Crippen LogP contribution is 2.14. The number of aryl methyl sites for hydroxylation is 1. The molecule has 0 amide bonds. The maximum Gasteiger partial charge on any atom is 0.303 e. The van der Waals surface area contributed by atoms with Gasteiger partial charge < -0.3 is 10.1 Å². The number of carboxylic acid groups (broad SMARTS) is 1. The number of carbonyl (C=O) groups is 1. The van der Waals surface area contributed by atoms with Crippen LogP contribution in [0.2, 0.25) is 0 Å². The summed E-state index contributed by atoms with van der Waals surface area (Å²) in [6.07, 6.45) is 1.67. The highest BCUT2D eigenvalue weighted by atomic mass is 16.4. The Morgan fingerprint density at radius 1 is 1.40 bits per heavy atom. The highest BCUT2D eigenvalue weighted by Gasteiger charge is 2.11. The minimum absolute atomic E-state index is 0.0393. The van der Waals surface area contributed by atoms with Crippen molar-refractivity contribution in [1.29, 1.82) is 0 Å². The van der Waals surface area contributed by atoms with Gasteiger partial charge in [-0.25, -0.2) is 4.98 Å². The van der Waals surface area contributed by atoms with E-state index in [4.69, 9.17) is 13.0 Å². The largest absolute Gasteiger partial charge is 0.481 e. The SMILES string of the molecule is [B]c1ccc2c(c1)[nH]c(=O)c1cnc(CCC(=O)O)n12. The molecule has 3 rings (SSSR count). The number of rotatable bonds is 3. The summed E-state index contributed by atoms with van der Waals surface area (Å²) in [6, 6.07) is 5.16. The van der Waals surface area contributed by atoms with E-state index < -0.39 is 5.97 Å². The van der Waals surface area contributed by atoms with E-state index in [1.807, 2.05) is 0 Å². The maximum absolute atomic E-state index is 12.0. The van der Waals surface area contributed by atoms with Crippen LogP contribution >= 0.6 is 0 Å². The van der Waals surface area contributed by atoms with Gasteiger partial charge >= 0.3 is 5.97 Å². The van der Waals surface area contributed by atoms with Crippen LogP contribution in [0, 0.1) is 0 Å². The number of H-pyrrole nitrogens is 1. The van der Waals surface area contributed by atoms with Crippen molar-refractivity contribution in [3.8, 4) is 0 Å². The lowest BCUT2D eigenvalue weighted by Crippen LogP contribution is -2.13. The lowest BCUT2D eigenvalue weighted by Gasteiger charge is -2.06. The molecule has 0 saturated heterocycles. The van der Waals surface area contributed by atoms with Crippen LogP contribution in [0.3, 0.4) is 0 Å². The maximum atomic E-state index is 12.0. The number of nitrogens with one attached hydrogen (secondary N) is 1. The monoisotopic (exact) mass is 267 g/mol. The standard InChI is InChI=1S/C13H10BN3O3/c14-7-1-2-9-8(5-7)16-13(20)10-6-15-11(17(9)10)3-4-12(18)19/h1-2,5-6H,3-4H2,(H,16,20)(H,18,19). The number of hydrogen-bond acceptors (Lipinski definition) is 3. The van der Waals surface area contributed by atoms with Gasteiger partial charge in [0.1, 0.15) is 19.2 Å². The van der Waals surface area contributed by atoms with Crippen molar-refractivity contribution in [3.63, 3.8) is 0 Å². The minimum atomic E-state index is -0.903. The lowest BCUT2D eigenvalue weighted by molar-refractivity contribution is -0.137. The molecule has 2 heterocycles. The number of aromatic amines is 1. The average molecular weight is 267 g/mol. The van der Waals surface area contributed by atoms with Crippen LogP contribution in [-0.2, 0) is 11.2 Å². The Kier molecular flexibility index (Phi) is 2.82. The van der Waals surface area contributed by atoms with Gasteiger partial charge in [-0.2, -0.15) is 0 Å². The first-order chi connectivity index (χ1) is 9.56. The van der Waals surface area contributed by atoms with Crippen LogP contribution in [0.1, 0.15) is 12.2 Å². The molecule has 0 aliphatic carbocycles. The topological polar surface area (TPSA) is 87.5 Å². The molecule has 7 heteroatoms. The molecule has 0 spiro atoms. The summed E-state index contributed by atoms with van der Waals surface area (Å²) in [5, 5.41) is 8.77. The number of imidazole rings is 1. The Labute approximate surface area is 114 Å². The lowest BCUT2D eigenvalue weighted by atomic mass is 9.96. The van der Waals surface area contributed by atoms with Gasteiger partial charge in [0.15, 0.2) is 0 Å². The quantitative estimate of drug-likeness (QED) is 0.653. The summed E-state index contributed by atoms with van der Waals surface area (Å²) in [4.78, 5) is 29.6. The molecule has 0 atom stereocenters. The number of aliphatic carboxylic acids is 1. The fraction of sp³-hybridized carbons (Fsp3) is 0.154. The van der Waals surface area contributed by atoms with E-state index in [0.29, 0.717) is 22.3 Å². The fourth-order valence-corrected chi connectivity index (χ4v) is 2.25. The van der Waals surface area contributed by atoms with Crippen LogP contribution in [0.25, 0.3) is 16.6 Å². The first-order valence-corrected chi connectivity index (χ1v) is 6.06. The molecule has 0 bridgehead atoms. The molecule has 0 aliphatic heterocycles. The molecule has 0 saturated carbocycles. The van der Waals surface area contributed by atoms with Gasteiger partial charge in [-0.3, -0.25) is 14.0 Å². The molecule has 2 radical (unpaired) electrons. The molecular formula is C13H10BN3O3. The van der Waals surface area contributed by atoms with Crippen LogP contribution in [0.15, 0.2) is 29.2 Å². The van der Waals surface area contributed by atoms with Crippen LogP contribution < -0.4 is 11.0 Å². The van der Waals surface area contributed by atoms with Crippen molar-refractivity contribution in [2.24, 2.45) is 0 Å². The van der Waals surface area contributed by atoms with Gasteiger partial charge in [0.25, 0.3) is 5.56 Å². The van der Waals surface area contributed by atoms with Gasteiger partial charge in [0.05, 0.1) is 23.7 Å². The summed E-state index contributed by atoms with van der Waals surface area (Å²) in [7, 11) is 5.71. The molecule has 0 unspecified atom stereocenters. The number of fused-ring (bicyclic) bond motifs is 3. The predicted octanol–water partition coefficient (Wildman–Crippen LogP) is -0.0132. The van der Waals surface area contributed by atoms with E-state index in [2.05, 4.69) is 9.97 Å². The average Bonchev–Trinajstić information content (AvgIpc) is 2.80. The summed E-state index contributed by atoms with van der Waals surface area (Å²) < 4.78 is 1.68. The van der Waals surface area contributed by atoms with Crippen molar-refractivity contribution >= 4 is 35.8 Å². The number of hydrogen-bond donors (Lipinski definition) is 2. The smallest absolute Gasteiger partial charge is 0.303 e. The molecule has 6 nitrogen and oxygen atoms in total. The van der Waals surface area contributed by atoms with E-state index in [1.54, 1.807) is 22.6 Å². The number of benzene rings is 1. The van der Waals surface area contributed by atoms with Crippen molar-refractivity contribution in [2.45, 2.75) is 12.8 Å². The Balaban J connectivity index is 2.30. The van der Waals surface area contributed by atoms with E-state index in [0.717, 1.165) is 5.52 Å². The summed E-state index contributed by atoms with van der Waals surface area (Å²) in [6.45, 7) is 0. The van der Waals surface area contributed by atoms with Gasteiger partial charge in [-0.15, -0.1) is 0 Å². The first-order valence-electron chi connectivity index (χ1n) is 6.06. The highest BCUT2D eigenvalue weighted by molar-refractivity contribution is 6.33. The zero-order valence-corrected chi connectivity index (χ0v) is 10.5. The number of aromatic nitrogens is 3. The minimum Gasteiger partial charge on any atom is -0.481 e. The zero-order valence-electron chi connectivity index (χ0n) is 10.5. The molecule has 1 aromatic carbocycles. The summed E-state index contributed by atoms with van der Waals surface area (Å²) in [5.41, 5.74) is 1.99. The summed E-state index contributed by atoms with van der Waals surface area (Å²) in [5.74, 6) is -0.358. The third kappa shape index (κ3) is 1.97. The van der Waals surface area contributed by atoms with Gasteiger partial charge in [0, 0.05) is 6.42 Å². The van der Waals surface area contributed by atoms with Crippen LogP contribution in [0.4, 0.5) is 0 Å². The van der Waals surface area contributed by atoms with Crippen LogP contribution in [0.5, 0.6) is 0 Å². The van der Waals surface area contributed by atoms with Crippen molar-refractivity contribution in [2.75, 3.05) is 0 Å². The summed E-state index contributed by atoms with van der Waals surface area (Å²) >= 11 is 0. The van der Waals surface area contributed by atoms with E-state index >= 15 is 0 Å². The predicted molar refractivity (Wildman–Crippen MR) is 74.7 cm³/mol. The number of carboxylic acids is 1.